The first-order valence-electron chi connectivity index (χ1n) is 6.55. The van der Waals surface area contributed by atoms with Gasteiger partial charge in [-0.3, -0.25) is 9.71 Å². The largest absolute Gasteiger partial charge is 0.326 e. The molecule has 5 nitrogen and oxygen atoms in total. The molecule has 1 aliphatic rings. The third kappa shape index (κ3) is 2.68. The summed E-state index contributed by atoms with van der Waals surface area (Å²) in [7, 11) is -3.47. The summed E-state index contributed by atoms with van der Waals surface area (Å²) in [5.74, 6) is 0.397. The van der Waals surface area contributed by atoms with Crippen LogP contribution in [0.5, 0.6) is 0 Å². The molecule has 2 aromatic rings. The van der Waals surface area contributed by atoms with Gasteiger partial charge >= 0.3 is 0 Å². The van der Waals surface area contributed by atoms with E-state index in [1.54, 1.807) is 24.3 Å². The Morgan fingerprint density at radius 1 is 1.00 bits per heavy atom. The van der Waals surface area contributed by atoms with Gasteiger partial charge in [-0.15, -0.1) is 0 Å². The van der Waals surface area contributed by atoms with Crippen LogP contribution in [0.1, 0.15) is 16.7 Å². The first kappa shape index (κ1) is 13.8. The Kier molecular flexibility index (Phi) is 3.48. The highest BCUT2D eigenvalue weighted by Crippen LogP contribution is 2.22. The molecule has 108 valence electrons. The summed E-state index contributed by atoms with van der Waals surface area (Å²) in [5, 5.41) is 0. The van der Waals surface area contributed by atoms with Crippen molar-refractivity contribution >= 4 is 15.9 Å². The summed E-state index contributed by atoms with van der Waals surface area (Å²) in [4.78, 5) is 4.66. The maximum atomic E-state index is 12.0. The number of nitrogens with one attached hydrogen (secondary N) is 1. The summed E-state index contributed by atoms with van der Waals surface area (Å²) in [6, 6.07) is 14.6. The van der Waals surface area contributed by atoms with Crippen molar-refractivity contribution in [1.29, 1.82) is 0 Å². The van der Waals surface area contributed by atoms with Gasteiger partial charge in [-0.25, -0.2) is 8.42 Å². The molecule has 3 N–H and O–H groups in total. The van der Waals surface area contributed by atoms with Crippen LogP contribution >= 0.6 is 0 Å². The molecule has 0 fully saturated rings. The highest BCUT2D eigenvalue weighted by atomic mass is 32.2. The standard InChI is InChI=1S/C15H15N3O2S/c16-9-11-5-7-12(8-6-11)10-17-15-13-3-1-2-4-14(13)21(19,20)18-15/h1-8H,9-10,16H2,(H,17,18). The second-order valence-corrected chi connectivity index (χ2v) is 6.44. The van der Waals surface area contributed by atoms with E-state index in [2.05, 4.69) is 9.71 Å². The van der Waals surface area contributed by atoms with E-state index in [1.165, 1.54) is 0 Å². The number of hydrogen-bond acceptors (Lipinski definition) is 4. The SMILES string of the molecule is NCc1ccc(CN=C2NS(=O)(=O)c3ccccc32)cc1. The Balaban J connectivity index is 1.88. The number of rotatable bonds is 3. The van der Waals surface area contributed by atoms with Crippen molar-refractivity contribution in [3.63, 3.8) is 0 Å². The van der Waals surface area contributed by atoms with Crippen LogP contribution in [0.4, 0.5) is 0 Å². The zero-order chi connectivity index (χ0) is 14.9. The maximum Gasteiger partial charge on any atom is 0.263 e. The molecule has 0 bridgehead atoms. The molecule has 6 heteroatoms. The fraction of sp³-hybridized carbons (Fsp3) is 0.133. The molecule has 0 unspecified atom stereocenters. The predicted octanol–water partition coefficient (Wildman–Crippen LogP) is 1.38. The van der Waals surface area contributed by atoms with Crippen LogP contribution in [-0.2, 0) is 23.1 Å². The number of nitrogens with zero attached hydrogens (tertiary/aromatic N) is 1. The van der Waals surface area contributed by atoms with Gasteiger partial charge in [-0.1, -0.05) is 36.4 Å². The van der Waals surface area contributed by atoms with Gasteiger partial charge < -0.3 is 5.73 Å². The van der Waals surface area contributed by atoms with Gasteiger partial charge in [0, 0.05) is 12.1 Å². The Morgan fingerprint density at radius 2 is 1.67 bits per heavy atom. The molecule has 0 saturated heterocycles. The van der Waals surface area contributed by atoms with Gasteiger partial charge in [0.05, 0.1) is 11.4 Å². The summed E-state index contributed by atoms with van der Waals surface area (Å²) >= 11 is 0. The van der Waals surface area contributed by atoms with Crippen LogP contribution in [0, 0.1) is 0 Å². The second-order valence-electron chi connectivity index (χ2n) is 4.79. The third-order valence-corrected chi connectivity index (χ3v) is 4.74. The molecule has 21 heavy (non-hydrogen) atoms. The molecule has 3 rings (SSSR count). The molecule has 0 amide bonds. The van der Waals surface area contributed by atoms with Gasteiger partial charge in [0.15, 0.2) is 0 Å². The van der Waals surface area contributed by atoms with E-state index in [1.807, 2.05) is 24.3 Å². The van der Waals surface area contributed by atoms with Crippen LogP contribution in [0.2, 0.25) is 0 Å². The smallest absolute Gasteiger partial charge is 0.263 e. The Morgan fingerprint density at radius 3 is 2.38 bits per heavy atom. The topological polar surface area (TPSA) is 84.5 Å². The Bertz CT molecular complexity index is 796. The Labute approximate surface area is 123 Å². The number of nitrogens with two attached hydrogens (primary N) is 1. The van der Waals surface area contributed by atoms with Crippen molar-refractivity contribution in [2.24, 2.45) is 10.7 Å². The van der Waals surface area contributed by atoms with E-state index in [0.717, 1.165) is 11.1 Å². The number of benzene rings is 2. The van der Waals surface area contributed by atoms with E-state index >= 15 is 0 Å². The molecule has 0 saturated carbocycles. The molecule has 1 heterocycles. The monoisotopic (exact) mass is 301 g/mol. The highest BCUT2D eigenvalue weighted by molar-refractivity contribution is 7.90. The summed E-state index contributed by atoms with van der Waals surface area (Å²) < 4.78 is 26.4. The molecule has 0 spiro atoms. The minimum atomic E-state index is -3.47. The van der Waals surface area contributed by atoms with Gasteiger partial charge in [-0.05, 0) is 23.3 Å². The lowest BCUT2D eigenvalue weighted by molar-refractivity contribution is 0.595. The van der Waals surface area contributed by atoms with Crippen LogP contribution in [0.25, 0.3) is 0 Å². The van der Waals surface area contributed by atoms with Crippen molar-refractivity contribution in [3.8, 4) is 0 Å². The predicted molar refractivity (Wildman–Crippen MR) is 81.3 cm³/mol. The quantitative estimate of drug-likeness (QED) is 0.898. The molecule has 0 radical (unpaired) electrons. The van der Waals surface area contributed by atoms with Crippen molar-refractivity contribution in [2.75, 3.05) is 0 Å². The van der Waals surface area contributed by atoms with Crippen LogP contribution in [0.3, 0.4) is 0 Å². The van der Waals surface area contributed by atoms with E-state index in [-0.39, 0.29) is 4.90 Å². The van der Waals surface area contributed by atoms with Gasteiger partial charge in [0.1, 0.15) is 5.84 Å². The fourth-order valence-corrected chi connectivity index (χ4v) is 3.45. The molecular formula is C15H15N3O2S. The molecular weight excluding hydrogens is 286 g/mol. The van der Waals surface area contributed by atoms with E-state index in [4.69, 9.17) is 5.73 Å². The first-order valence-corrected chi connectivity index (χ1v) is 8.03. The summed E-state index contributed by atoms with van der Waals surface area (Å²) in [5.41, 5.74) is 8.23. The lowest BCUT2D eigenvalue weighted by Gasteiger charge is -2.01. The lowest BCUT2D eigenvalue weighted by atomic mass is 10.1. The zero-order valence-electron chi connectivity index (χ0n) is 11.3. The second kappa shape index (κ2) is 5.31. The van der Waals surface area contributed by atoms with Gasteiger partial charge in [-0.2, -0.15) is 0 Å². The number of hydrogen-bond donors (Lipinski definition) is 2. The molecule has 0 atom stereocenters. The van der Waals surface area contributed by atoms with Gasteiger partial charge in [0.2, 0.25) is 0 Å². The summed E-state index contributed by atoms with van der Waals surface area (Å²) in [6.07, 6.45) is 0. The van der Waals surface area contributed by atoms with Crippen LogP contribution < -0.4 is 10.5 Å². The molecule has 2 aromatic carbocycles. The minimum Gasteiger partial charge on any atom is -0.326 e. The van der Waals surface area contributed by atoms with E-state index < -0.39 is 10.0 Å². The number of fused-ring (bicyclic) bond motifs is 1. The normalized spacial score (nSPS) is 17.5. The van der Waals surface area contributed by atoms with Crippen LogP contribution in [0.15, 0.2) is 58.4 Å². The number of amidine groups is 1. The van der Waals surface area contributed by atoms with Crippen molar-refractivity contribution in [3.05, 3.63) is 65.2 Å². The maximum absolute atomic E-state index is 12.0. The molecule has 0 aromatic heterocycles. The zero-order valence-corrected chi connectivity index (χ0v) is 12.1. The molecule has 0 aliphatic carbocycles. The number of sulfonamides is 1. The highest BCUT2D eigenvalue weighted by Gasteiger charge is 2.29. The average molecular weight is 301 g/mol. The van der Waals surface area contributed by atoms with Crippen molar-refractivity contribution in [1.82, 2.24) is 4.72 Å². The molecule has 1 aliphatic heterocycles. The first-order chi connectivity index (χ1) is 10.1. The van der Waals surface area contributed by atoms with Crippen LogP contribution in [-0.4, -0.2) is 14.3 Å². The van der Waals surface area contributed by atoms with E-state index in [0.29, 0.717) is 24.5 Å². The van der Waals surface area contributed by atoms with E-state index in [9.17, 15) is 8.42 Å². The fourth-order valence-electron chi connectivity index (χ4n) is 2.20. The minimum absolute atomic E-state index is 0.280. The van der Waals surface area contributed by atoms with Crippen molar-refractivity contribution in [2.45, 2.75) is 18.0 Å². The average Bonchev–Trinajstić information content (AvgIpc) is 2.77. The third-order valence-electron chi connectivity index (χ3n) is 3.34. The number of aliphatic imine (C=N–C) groups is 1. The van der Waals surface area contributed by atoms with Gasteiger partial charge in [0.25, 0.3) is 10.0 Å². The lowest BCUT2D eigenvalue weighted by Crippen LogP contribution is -2.22. The Hall–Kier alpha value is -2.18. The summed E-state index contributed by atoms with van der Waals surface area (Å²) in [6.45, 7) is 0.916. The van der Waals surface area contributed by atoms with Crippen molar-refractivity contribution < 1.29 is 8.42 Å².